The fourth-order valence-electron chi connectivity index (χ4n) is 2.65. The first kappa shape index (κ1) is 37.2. The van der Waals surface area contributed by atoms with Crippen LogP contribution in [0.4, 0.5) is 52.7 Å². The van der Waals surface area contributed by atoms with Crippen molar-refractivity contribution < 1.29 is 87.6 Å². The maximum absolute atomic E-state index is 13.2. The van der Waals surface area contributed by atoms with E-state index in [0.717, 1.165) is 24.3 Å². The molecule has 0 aromatic heterocycles. The minimum Gasteiger partial charge on any atom is -0.493 e. The van der Waals surface area contributed by atoms with Crippen molar-refractivity contribution in [2.45, 2.75) is 29.8 Å². The van der Waals surface area contributed by atoms with E-state index in [0.29, 0.717) is 24.3 Å². The largest absolute Gasteiger partial charge is 0.536 e. The molecule has 0 saturated carbocycles. The third-order valence-electron chi connectivity index (χ3n) is 4.64. The van der Waals surface area contributed by atoms with Crippen molar-refractivity contribution >= 4 is 31.7 Å². The summed E-state index contributed by atoms with van der Waals surface area (Å²) in [6, 6.07) is 6.46. The van der Waals surface area contributed by atoms with Crippen molar-refractivity contribution in [3.63, 3.8) is 0 Å². The highest BCUT2D eigenvalue weighted by Crippen LogP contribution is 2.30. The molecule has 0 amide bonds. The van der Waals surface area contributed by atoms with Gasteiger partial charge in [0.25, 0.3) is 0 Å². The van der Waals surface area contributed by atoms with Crippen LogP contribution in [-0.4, -0.2) is 64.8 Å². The van der Waals surface area contributed by atoms with Gasteiger partial charge in [-0.1, -0.05) is 10.3 Å². The van der Waals surface area contributed by atoms with Gasteiger partial charge < -0.3 is 9.47 Å². The Morgan fingerprint density at radius 1 is 0.533 bits per heavy atom. The third kappa shape index (κ3) is 10.6. The van der Waals surface area contributed by atoms with Gasteiger partial charge in [-0.25, -0.2) is 0 Å². The second-order valence-corrected chi connectivity index (χ2v) is 11.0. The van der Waals surface area contributed by atoms with Gasteiger partial charge in [-0.15, -0.1) is 0 Å². The van der Waals surface area contributed by atoms with Crippen molar-refractivity contribution in [1.29, 1.82) is 0 Å². The number of oxime groups is 2. The average molecular weight is 714 g/mol. The minimum absolute atomic E-state index is 0.0559. The first-order chi connectivity index (χ1) is 20.4. The van der Waals surface area contributed by atoms with Crippen molar-refractivity contribution in [2.75, 3.05) is 13.2 Å². The van der Waals surface area contributed by atoms with Crippen LogP contribution in [0.2, 0.25) is 0 Å². The summed E-state index contributed by atoms with van der Waals surface area (Å²) in [7, 11) is -12.9. The summed E-state index contributed by atoms with van der Waals surface area (Å²) < 4.78 is 213. The van der Waals surface area contributed by atoms with Gasteiger partial charge in [0, 0.05) is 17.5 Å². The molecule has 0 N–H and O–H groups in total. The molecule has 45 heavy (non-hydrogen) atoms. The van der Waals surface area contributed by atoms with Gasteiger partial charge in [0.15, 0.2) is 11.4 Å². The van der Waals surface area contributed by atoms with Crippen LogP contribution in [0.1, 0.15) is 17.5 Å². The molecular formula is C21H14F12N2O8S2. The number of hydrogen-bond acceptors (Lipinski definition) is 10. The lowest BCUT2D eigenvalue weighted by molar-refractivity contribution is -0.0636. The van der Waals surface area contributed by atoms with Crippen LogP contribution in [0.25, 0.3) is 0 Å². The van der Waals surface area contributed by atoms with Gasteiger partial charge >= 0.3 is 43.6 Å². The number of nitrogens with zero attached hydrogens (tertiary/aromatic N) is 2. The molecule has 2 aromatic rings. The van der Waals surface area contributed by atoms with Crippen LogP contribution >= 0.6 is 0 Å². The lowest BCUT2D eigenvalue weighted by Gasteiger charge is -2.13. The fraction of sp³-hybridized carbons (Fsp3) is 0.333. The van der Waals surface area contributed by atoms with Crippen LogP contribution in [0, 0.1) is 0 Å². The third-order valence-corrected chi connectivity index (χ3v) is 6.31. The van der Waals surface area contributed by atoms with Gasteiger partial charge in [0.05, 0.1) is 13.2 Å². The molecule has 0 aliphatic carbocycles. The van der Waals surface area contributed by atoms with Crippen molar-refractivity contribution in [3.05, 3.63) is 59.7 Å². The number of benzene rings is 2. The molecule has 0 aliphatic rings. The lowest BCUT2D eigenvalue weighted by Crippen LogP contribution is -2.28. The Morgan fingerprint density at radius 2 is 0.822 bits per heavy atom. The Labute approximate surface area is 244 Å². The second-order valence-electron chi connectivity index (χ2n) is 7.92. The van der Waals surface area contributed by atoms with E-state index in [9.17, 15) is 69.5 Å². The normalized spacial score (nSPS) is 14.2. The van der Waals surface area contributed by atoms with E-state index >= 15 is 0 Å². The second kappa shape index (κ2) is 13.6. The monoisotopic (exact) mass is 714 g/mol. The topological polar surface area (TPSA) is 130 Å². The summed E-state index contributed by atoms with van der Waals surface area (Å²) in [6.07, 6.45) is -10.8. The number of rotatable bonds is 12. The van der Waals surface area contributed by atoms with E-state index in [2.05, 4.69) is 18.9 Å². The van der Waals surface area contributed by atoms with E-state index in [-0.39, 0.29) is 31.1 Å². The Bertz CT molecular complexity index is 1460. The minimum atomic E-state index is -6.46. The molecular weight excluding hydrogens is 700 g/mol. The van der Waals surface area contributed by atoms with E-state index in [4.69, 9.17) is 9.47 Å². The molecule has 252 valence electrons. The Balaban J connectivity index is 1.98. The van der Waals surface area contributed by atoms with Crippen LogP contribution in [0.5, 0.6) is 11.5 Å². The van der Waals surface area contributed by atoms with Crippen molar-refractivity contribution in [1.82, 2.24) is 0 Å². The molecule has 0 atom stereocenters. The number of halogens is 12. The zero-order chi connectivity index (χ0) is 34.5. The van der Waals surface area contributed by atoms with Crippen LogP contribution in [-0.2, 0) is 28.8 Å². The van der Waals surface area contributed by atoms with E-state index in [1.165, 1.54) is 0 Å². The molecule has 2 rings (SSSR count). The van der Waals surface area contributed by atoms with Crippen LogP contribution < -0.4 is 9.47 Å². The van der Waals surface area contributed by atoms with Gasteiger partial charge in [0.2, 0.25) is 0 Å². The molecule has 0 heterocycles. The predicted molar refractivity (Wildman–Crippen MR) is 126 cm³/mol. The summed E-state index contributed by atoms with van der Waals surface area (Å²) in [6.45, 7) is -0.332. The zero-order valence-corrected chi connectivity index (χ0v) is 22.9. The number of hydrogen-bond donors (Lipinski definition) is 0. The summed E-state index contributed by atoms with van der Waals surface area (Å²) in [5.74, 6) is -0.135. The highest BCUT2D eigenvalue weighted by Gasteiger charge is 2.51. The fourth-order valence-corrected chi connectivity index (χ4v) is 3.16. The van der Waals surface area contributed by atoms with Crippen molar-refractivity contribution in [3.8, 4) is 11.5 Å². The number of alkyl halides is 12. The summed E-state index contributed by atoms with van der Waals surface area (Å²) in [4.78, 5) is 0. The molecule has 0 saturated heterocycles. The molecule has 10 nitrogen and oxygen atoms in total. The molecule has 0 aliphatic heterocycles. The molecule has 2 aromatic carbocycles. The summed E-state index contributed by atoms with van der Waals surface area (Å²) >= 11 is 0. The highest BCUT2D eigenvalue weighted by molar-refractivity contribution is 7.87. The Hall–Kier alpha value is -3.96. The Kier molecular flexibility index (Phi) is 11.2. The zero-order valence-electron chi connectivity index (χ0n) is 21.3. The highest BCUT2D eigenvalue weighted by atomic mass is 32.2. The SMILES string of the molecule is O=S(=O)(O/N=C(\c1ccc(OCCCOc2ccc(/C(=N\OS(=O)(=O)C(F)(F)F)C(F)(F)F)cc2)cc1)C(F)(F)F)C(F)(F)F. The standard InChI is InChI=1S/C21H14F12N2O8S2/c22-18(23,24)16(34-42-44(36,37)20(28,29)30)12-2-6-14(7-3-12)40-10-1-11-41-15-8-4-13(5-9-15)17(19(25,26)27)35-43-45(38,39)21(31,32)33/h2-9H,1,10-11H2/b34-16+,35-17+. The average Bonchev–Trinajstić information content (AvgIpc) is 2.87. The smallest absolute Gasteiger partial charge is 0.493 e. The van der Waals surface area contributed by atoms with Gasteiger partial charge in [-0.05, 0) is 48.5 Å². The number of ether oxygens (including phenoxy) is 2. The summed E-state index contributed by atoms with van der Waals surface area (Å²) in [5, 5.41) is 4.19. The Morgan fingerprint density at radius 3 is 1.07 bits per heavy atom. The molecule has 0 fully saturated rings. The molecule has 0 unspecified atom stereocenters. The predicted octanol–water partition coefficient (Wildman–Crippen LogP) is 5.80. The lowest BCUT2D eigenvalue weighted by atomic mass is 10.1. The maximum atomic E-state index is 13.2. The van der Waals surface area contributed by atoms with E-state index in [1.807, 2.05) is 0 Å². The summed E-state index contributed by atoms with van der Waals surface area (Å²) in [5.41, 5.74) is -18.0. The quantitative estimate of drug-likeness (QED) is 0.0888. The van der Waals surface area contributed by atoms with E-state index in [1.54, 1.807) is 0 Å². The van der Waals surface area contributed by atoms with Gasteiger partial charge in [-0.3, -0.25) is 8.57 Å². The van der Waals surface area contributed by atoms with Gasteiger partial charge in [-0.2, -0.15) is 69.5 Å². The molecule has 0 radical (unpaired) electrons. The first-order valence-electron chi connectivity index (χ1n) is 11.1. The molecule has 0 bridgehead atoms. The van der Waals surface area contributed by atoms with Crippen LogP contribution in [0.3, 0.4) is 0 Å². The molecule has 24 heteroatoms. The first-order valence-corrected chi connectivity index (χ1v) is 13.9. The van der Waals surface area contributed by atoms with E-state index < -0.39 is 66.2 Å². The maximum Gasteiger partial charge on any atom is 0.536 e. The van der Waals surface area contributed by atoms with Crippen molar-refractivity contribution in [2.24, 2.45) is 10.3 Å². The molecule has 0 spiro atoms. The van der Waals surface area contributed by atoms with Crippen LogP contribution in [0.15, 0.2) is 58.8 Å². The van der Waals surface area contributed by atoms with Gasteiger partial charge in [0.1, 0.15) is 11.5 Å².